The first kappa shape index (κ1) is 19.4. The predicted molar refractivity (Wildman–Crippen MR) is 112 cm³/mol. The molecule has 0 atom stereocenters. The Hall–Kier alpha value is -2.96. The summed E-state index contributed by atoms with van der Waals surface area (Å²) in [5.74, 6) is 1.16. The maximum absolute atomic E-state index is 12.4. The summed E-state index contributed by atoms with van der Waals surface area (Å²) in [7, 11) is 0. The van der Waals surface area contributed by atoms with Gasteiger partial charge < -0.3 is 9.42 Å². The van der Waals surface area contributed by atoms with Gasteiger partial charge in [0.1, 0.15) is 0 Å². The molecule has 6 nitrogen and oxygen atoms in total. The number of carbonyl (C=O) groups is 1. The Labute approximate surface area is 174 Å². The largest absolute Gasteiger partial charge is 0.338 e. The molecule has 148 valence electrons. The molecule has 1 aliphatic heterocycles. The van der Waals surface area contributed by atoms with Crippen molar-refractivity contribution in [2.75, 3.05) is 26.2 Å². The van der Waals surface area contributed by atoms with Crippen molar-refractivity contribution in [1.29, 1.82) is 0 Å². The molecule has 2 aromatic carbocycles. The molecule has 1 aliphatic rings. The number of aromatic nitrogens is 2. The smallest absolute Gasteiger partial charge is 0.246 e. The fourth-order valence-electron chi connectivity index (χ4n) is 3.19. The van der Waals surface area contributed by atoms with Gasteiger partial charge in [-0.2, -0.15) is 4.98 Å². The van der Waals surface area contributed by atoms with Crippen LogP contribution >= 0.6 is 11.6 Å². The van der Waals surface area contributed by atoms with Crippen molar-refractivity contribution in [2.24, 2.45) is 0 Å². The van der Waals surface area contributed by atoms with Gasteiger partial charge in [-0.25, -0.2) is 0 Å². The molecular formula is C22H21ClN4O2. The summed E-state index contributed by atoms with van der Waals surface area (Å²) in [6.45, 7) is 3.46. The first-order valence-electron chi connectivity index (χ1n) is 9.50. The van der Waals surface area contributed by atoms with Crippen molar-refractivity contribution in [1.82, 2.24) is 19.9 Å². The van der Waals surface area contributed by atoms with Gasteiger partial charge in [0.25, 0.3) is 0 Å². The van der Waals surface area contributed by atoms with Crippen molar-refractivity contribution in [3.8, 4) is 11.4 Å². The van der Waals surface area contributed by atoms with Crippen LogP contribution in [0.3, 0.4) is 0 Å². The van der Waals surface area contributed by atoms with Gasteiger partial charge in [0.15, 0.2) is 0 Å². The highest BCUT2D eigenvalue weighted by Gasteiger charge is 2.21. The second-order valence-electron chi connectivity index (χ2n) is 6.86. The number of amides is 1. The lowest BCUT2D eigenvalue weighted by atomic mass is 10.2. The summed E-state index contributed by atoms with van der Waals surface area (Å²) in [5.41, 5.74) is 1.89. The zero-order valence-electron chi connectivity index (χ0n) is 15.9. The maximum atomic E-state index is 12.4. The van der Waals surface area contributed by atoms with Crippen molar-refractivity contribution in [3.63, 3.8) is 0 Å². The van der Waals surface area contributed by atoms with Gasteiger partial charge >= 0.3 is 0 Å². The number of nitrogens with zero attached hydrogens (tertiary/aromatic N) is 4. The highest BCUT2D eigenvalue weighted by atomic mass is 35.5. The Balaban J connectivity index is 1.28. The summed E-state index contributed by atoms with van der Waals surface area (Å²) >= 11 is 5.92. The Morgan fingerprint density at radius 2 is 1.76 bits per heavy atom. The van der Waals surface area contributed by atoms with Crippen LogP contribution in [-0.4, -0.2) is 52.0 Å². The molecule has 1 amide bonds. The summed E-state index contributed by atoms with van der Waals surface area (Å²) in [6.07, 6.45) is 3.49. The van der Waals surface area contributed by atoms with Crippen molar-refractivity contribution in [2.45, 2.75) is 6.54 Å². The van der Waals surface area contributed by atoms with Gasteiger partial charge in [0, 0.05) is 42.8 Å². The first-order valence-corrected chi connectivity index (χ1v) is 9.88. The number of carbonyl (C=O) groups excluding carboxylic acids is 1. The Morgan fingerprint density at radius 3 is 2.48 bits per heavy atom. The summed E-state index contributed by atoms with van der Waals surface area (Å²) < 4.78 is 5.39. The van der Waals surface area contributed by atoms with E-state index in [0.717, 1.165) is 24.2 Å². The number of piperazine rings is 1. The maximum Gasteiger partial charge on any atom is 0.246 e. The minimum Gasteiger partial charge on any atom is -0.338 e. The minimum absolute atomic E-state index is 0.0383. The van der Waals surface area contributed by atoms with Crippen LogP contribution < -0.4 is 0 Å². The van der Waals surface area contributed by atoms with Gasteiger partial charge in [0.05, 0.1) is 6.54 Å². The highest BCUT2D eigenvalue weighted by Crippen LogP contribution is 2.19. The SMILES string of the molecule is O=C(/C=C/c1ccccc1)N1CCN(Cc2nc(-c3ccc(Cl)cc3)no2)CC1. The molecule has 0 saturated carbocycles. The third kappa shape index (κ3) is 5.10. The molecule has 1 saturated heterocycles. The lowest BCUT2D eigenvalue weighted by Crippen LogP contribution is -2.47. The predicted octanol–water partition coefficient (Wildman–Crippen LogP) is 3.75. The average molecular weight is 409 g/mol. The van der Waals surface area contributed by atoms with E-state index in [2.05, 4.69) is 15.0 Å². The van der Waals surface area contributed by atoms with Gasteiger partial charge in [0.2, 0.25) is 17.6 Å². The van der Waals surface area contributed by atoms with Crippen molar-refractivity contribution >= 4 is 23.6 Å². The van der Waals surface area contributed by atoms with Crippen molar-refractivity contribution in [3.05, 3.63) is 77.2 Å². The summed E-state index contributed by atoms with van der Waals surface area (Å²) in [5, 5.41) is 4.72. The number of hydrogen-bond donors (Lipinski definition) is 0. The summed E-state index contributed by atoms with van der Waals surface area (Å²) in [6, 6.07) is 17.2. The van der Waals surface area contributed by atoms with Crippen LogP contribution in [0, 0.1) is 0 Å². The lowest BCUT2D eigenvalue weighted by molar-refractivity contribution is -0.127. The molecule has 0 unspecified atom stereocenters. The normalized spacial score (nSPS) is 15.1. The molecule has 1 fully saturated rings. The zero-order valence-corrected chi connectivity index (χ0v) is 16.6. The molecule has 29 heavy (non-hydrogen) atoms. The van der Waals surface area contributed by atoms with E-state index in [1.807, 2.05) is 53.4 Å². The van der Waals surface area contributed by atoms with Gasteiger partial charge in [-0.3, -0.25) is 9.69 Å². The molecule has 3 aromatic rings. The quantitative estimate of drug-likeness (QED) is 0.602. The fraction of sp³-hybridized carbons (Fsp3) is 0.227. The molecular weight excluding hydrogens is 388 g/mol. The lowest BCUT2D eigenvalue weighted by Gasteiger charge is -2.33. The van der Waals surface area contributed by atoms with Crippen LogP contribution in [0.5, 0.6) is 0 Å². The Bertz CT molecular complexity index is 978. The standard InChI is InChI=1S/C22H21ClN4O2/c23-19-9-7-18(8-10-19)22-24-20(29-25-22)16-26-12-14-27(15-13-26)21(28)11-6-17-4-2-1-3-5-17/h1-11H,12-16H2/b11-6+. The number of benzene rings is 2. The molecule has 7 heteroatoms. The highest BCUT2D eigenvalue weighted by molar-refractivity contribution is 6.30. The third-order valence-electron chi connectivity index (χ3n) is 4.83. The van der Waals surface area contributed by atoms with Crippen molar-refractivity contribution < 1.29 is 9.32 Å². The topological polar surface area (TPSA) is 62.5 Å². The van der Waals surface area contributed by atoms with E-state index in [4.69, 9.17) is 16.1 Å². The summed E-state index contributed by atoms with van der Waals surface area (Å²) in [4.78, 5) is 20.9. The molecule has 1 aromatic heterocycles. The molecule has 0 bridgehead atoms. The molecule has 0 N–H and O–H groups in total. The van der Waals surface area contributed by atoms with E-state index < -0.39 is 0 Å². The molecule has 0 spiro atoms. The van der Waals surface area contributed by atoms with Crippen LogP contribution in [0.4, 0.5) is 0 Å². The van der Waals surface area contributed by atoms with Crippen LogP contribution in [0.15, 0.2) is 65.2 Å². The van der Waals surface area contributed by atoms with Gasteiger partial charge in [-0.05, 0) is 35.9 Å². The second-order valence-corrected chi connectivity index (χ2v) is 7.30. The number of hydrogen-bond acceptors (Lipinski definition) is 5. The molecule has 0 radical (unpaired) electrons. The van der Waals surface area contributed by atoms with E-state index >= 15 is 0 Å². The monoisotopic (exact) mass is 408 g/mol. The Morgan fingerprint density at radius 1 is 1.03 bits per heavy atom. The molecule has 2 heterocycles. The zero-order chi connectivity index (χ0) is 20.1. The Kier molecular flexibility index (Phi) is 6.03. The van der Waals surface area contributed by atoms with Gasteiger partial charge in [-0.1, -0.05) is 47.1 Å². The molecule has 0 aliphatic carbocycles. The average Bonchev–Trinajstić information content (AvgIpc) is 3.22. The third-order valence-corrected chi connectivity index (χ3v) is 5.08. The van der Waals surface area contributed by atoms with Crippen LogP contribution in [0.1, 0.15) is 11.5 Å². The van der Waals surface area contributed by atoms with Crippen LogP contribution in [0.2, 0.25) is 5.02 Å². The number of rotatable bonds is 5. The van der Waals surface area contributed by atoms with Crippen LogP contribution in [0.25, 0.3) is 17.5 Å². The van der Waals surface area contributed by atoms with E-state index in [0.29, 0.717) is 36.4 Å². The minimum atomic E-state index is 0.0383. The van der Waals surface area contributed by atoms with Gasteiger partial charge in [-0.15, -0.1) is 0 Å². The van der Waals surface area contributed by atoms with E-state index in [1.165, 1.54) is 0 Å². The van der Waals surface area contributed by atoms with E-state index in [9.17, 15) is 4.79 Å². The second kappa shape index (κ2) is 9.03. The fourth-order valence-corrected chi connectivity index (χ4v) is 3.32. The van der Waals surface area contributed by atoms with E-state index in [-0.39, 0.29) is 5.91 Å². The first-order chi connectivity index (χ1) is 14.2. The number of halogens is 1. The molecule has 4 rings (SSSR count). The van der Waals surface area contributed by atoms with Crippen LogP contribution in [-0.2, 0) is 11.3 Å². The van der Waals surface area contributed by atoms with E-state index in [1.54, 1.807) is 18.2 Å².